The molecule has 1 heterocycles. The Hall–Kier alpha value is -3.39. The van der Waals surface area contributed by atoms with Crippen molar-refractivity contribution in [2.45, 2.75) is 18.7 Å². The van der Waals surface area contributed by atoms with Crippen LogP contribution in [0, 0.1) is 6.92 Å². The minimum atomic E-state index is -3.68. The minimum absolute atomic E-state index is 0.131. The van der Waals surface area contributed by atoms with Gasteiger partial charge in [0.25, 0.3) is 10.0 Å². The van der Waals surface area contributed by atoms with Gasteiger partial charge in [0, 0.05) is 18.3 Å². The lowest BCUT2D eigenvalue weighted by Gasteiger charge is -2.10. The second-order valence-corrected chi connectivity index (χ2v) is 7.92. The summed E-state index contributed by atoms with van der Waals surface area (Å²) in [4.78, 5) is 15.4. The summed E-state index contributed by atoms with van der Waals surface area (Å²) in [6.45, 7) is 3.34. The molecule has 0 unspecified atom stereocenters. The Kier molecular flexibility index (Phi) is 5.60. The molecular formula is C20H20N4O3S. The second-order valence-electron chi connectivity index (χ2n) is 6.23. The number of hydrogen-bond donors (Lipinski definition) is 3. The van der Waals surface area contributed by atoms with Crippen LogP contribution >= 0.6 is 0 Å². The quantitative estimate of drug-likeness (QED) is 0.587. The molecule has 1 amide bonds. The van der Waals surface area contributed by atoms with Crippen LogP contribution in [0.1, 0.15) is 12.5 Å². The van der Waals surface area contributed by atoms with Crippen LogP contribution < -0.4 is 15.4 Å². The van der Waals surface area contributed by atoms with Crippen molar-refractivity contribution in [2.75, 3.05) is 15.4 Å². The third-order valence-corrected chi connectivity index (χ3v) is 5.20. The lowest BCUT2D eigenvalue weighted by atomic mass is 10.2. The Balaban J connectivity index is 1.66. The predicted molar refractivity (Wildman–Crippen MR) is 110 cm³/mol. The van der Waals surface area contributed by atoms with Crippen LogP contribution in [0.4, 0.5) is 22.9 Å². The average Bonchev–Trinajstić information content (AvgIpc) is 2.65. The normalized spacial score (nSPS) is 10.9. The highest BCUT2D eigenvalue weighted by atomic mass is 32.2. The van der Waals surface area contributed by atoms with Crippen LogP contribution in [0.15, 0.2) is 71.8 Å². The molecule has 0 fully saturated rings. The molecule has 0 aliphatic heterocycles. The van der Waals surface area contributed by atoms with Crippen LogP contribution in [-0.2, 0) is 14.8 Å². The summed E-state index contributed by atoms with van der Waals surface area (Å²) in [5, 5.41) is 5.86. The fourth-order valence-electron chi connectivity index (χ4n) is 2.45. The van der Waals surface area contributed by atoms with Crippen molar-refractivity contribution in [1.29, 1.82) is 0 Å². The highest BCUT2D eigenvalue weighted by Gasteiger charge is 2.14. The van der Waals surface area contributed by atoms with Crippen molar-refractivity contribution >= 4 is 38.8 Å². The molecule has 0 radical (unpaired) electrons. The van der Waals surface area contributed by atoms with Gasteiger partial charge >= 0.3 is 0 Å². The zero-order valence-electron chi connectivity index (χ0n) is 15.4. The van der Waals surface area contributed by atoms with E-state index in [1.807, 2.05) is 19.1 Å². The molecule has 0 spiro atoms. The summed E-state index contributed by atoms with van der Waals surface area (Å²) in [7, 11) is -3.68. The summed E-state index contributed by atoms with van der Waals surface area (Å²) >= 11 is 0. The number of carbonyl (C=O) groups is 1. The third kappa shape index (κ3) is 5.08. The largest absolute Gasteiger partial charge is 0.354 e. The first-order valence-electron chi connectivity index (χ1n) is 8.52. The Morgan fingerprint density at radius 2 is 1.46 bits per heavy atom. The molecule has 0 saturated heterocycles. The van der Waals surface area contributed by atoms with Gasteiger partial charge in [-0.05, 0) is 55.5 Å². The summed E-state index contributed by atoms with van der Waals surface area (Å²) in [5.41, 5.74) is 3.20. The summed E-state index contributed by atoms with van der Waals surface area (Å²) in [6, 6.07) is 17.1. The lowest BCUT2D eigenvalue weighted by Crippen LogP contribution is -2.13. The lowest BCUT2D eigenvalue weighted by molar-refractivity contribution is -0.114. The molecular weight excluding hydrogens is 376 g/mol. The summed E-state index contributed by atoms with van der Waals surface area (Å²) in [5.74, 6) is 0.0979. The zero-order valence-corrected chi connectivity index (χ0v) is 16.2. The van der Waals surface area contributed by atoms with Gasteiger partial charge in [0.05, 0.1) is 16.8 Å². The van der Waals surface area contributed by atoms with Crippen molar-refractivity contribution in [3.8, 4) is 0 Å². The van der Waals surface area contributed by atoms with Crippen LogP contribution in [0.3, 0.4) is 0 Å². The molecule has 3 rings (SSSR count). The molecule has 144 valence electrons. The van der Waals surface area contributed by atoms with E-state index in [2.05, 4.69) is 20.3 Å². The maximum atomic E-state index is 12.4. The van der Waals surface area contributed by atoms with E-state index in [4.69, 9.17) is 0 Å². The average molecular weight is 396 g/mol. The van der Waals surface area contributed by atoms with E-state index >= 15 is 0 Å². The molecule has 28 heavy (non-hydrogen) atoms. The predicted octanol–water partition coefficient (Wildman–Crippen LogP) is 3.89. The summed E-state index contributed by atoms with van der Waals surface area (Å²) < 4.78 is 27.3. The Bertz CT molecular complexity index is 1060. The van der Waals surface area contributed by atoms with E-state index in [1.54, 1.807) is 48.5 Å². The second kappa shape index (κ2) is 8.10. The molecule has 7 nitrogen and oxygen atoms in total. The smallest absolute Gasteiger partial charge is 0.263 e. The Morgan fingerprint density at radius 3 is 2.04 bits per heavy atom. The van der Waals surface area contributed by atoms with Gasteiger partial charge < -0.3 is 10.6 Å². The van der Waals surface area contributed by atoms with Crippen LogP contribution in [0.2, 0.25) is 0 Å². The first-order chi connectivity index (χ1) is 13.3. The number of benzene rings is 2. The summed E-state index contributed by atoms with van der Waals surface area (Å²) in [6.07, 6.45) is 1.54. The third-order valence-electron chi connectivity index (χ3n) is 3.83. The molecule has 8 heteroatoms. The molecule has 0 aliphatic carbocycles. The molecule has 2 aromatic carbocycles. The maximum absolute atomic E-state index is 12.4. The number of carbonyl (C=O) groups excluding carboxylic acids is 1. The molecule has 1 aromatic heterocycles. The Labute approximate surface area is 163 Å². The SMILES string of the molecule is CC(=O)Nc1ccc(Nc2ccc(NS(=O)(=O)c3ccc(C)cc3)nc2)cc1. The van der Waals surface area contributed by atoms with Crippen molar-refractivity contribution in [3.63, 3.8) is 0 Å². The van der Waals surface area contributed by atoms with E-state index in [1.165, 1.54) is 13.1 Å². The number of nitrogens with zero attached hydrogens (tertiary/aromatic N) is 1. The molecule has 3 N–H and O–H groups in total. The number of anilines is 4. The van der Waals surface area contributed by atoms with Gasteiger partial charge in [0.2, 0.25) is 5.91 Å². The highest BCUT2D eigenvalue weighted by molar-refractivity contribution is 7.92. The van der Waals surface area contributed by atoms with Crippen molar-refractivity contribution < 1.29 is 13.2 Å². The molecule has 3 aromatic rings. The first-order valence-corrected chi connectivity index (χ1v) is 10.0. The number of hydrogen-bond acceptors (Lipinski definition) is 5. The van der Waals surface area contributed by atoms with Gasteiger partial charge in [-0.25, -0.2) is 13.4 Å². The molecule has 0 atom stereocenters. The van der Waals surface area contributed by atoms with E-state index in [0.717, 1.165) is 11.3 Å². The number of rotatable bonds is 6. The molecule has 0 aliphatic rings. The van der Waals surface area contributed by atoms with Crippen LogP contribution in [0.5, 0.6) is 0 Å². The van der Waals surface area contributed by atoms with Gasteiger partial charge in [-0.1, -0.05) is 17.7 Å². The number of pyridine rings is 1. The fourth-order valence-corrected chi connectivity index (χ4v) is 3.46. The van der Waals surface area contributed by atoms with E-state index in [9.17, 15) is 13.2 Å². The van der Waals surface area contributed by atoms with Crippen LogP contribution in [0.25, 0.3) is 0 Å². The van der Waals surface area contributed by atoms with Crippen LogP contribution in [-0.4, -0.2) is 19.3 Å². The minimum Gasteiger partial charge on any atom is -0.354 e. The van der Waals surface area contributed by atoms with Crippen molar-refractivity contribution in [2.24, 2.45) is 0 Å². The van der Waals surface area contributed by atoms with Crippen molar-refractivity contribution in [3.05, 3.63) is 72.4 Å². The standard InChI is InChI=1S/C20H20N4O3S/c1-14-3-10-19(11-4-14)28(26,27)24-20-12-9-18(13-21-20)23-17-7-5-16(6-8-17)22-15(2)25/h3-13,23H,1-2H3,(H,21,24)(H,22,25). The monoisotopic (exact) mass is 396 g/mol. The van der Waals surface area contributed by atoms with Gasteiger partial charge in [0.15, 0.2) is 0 Å². The topological polar surface area (TPSA) is 100 Å². The highest BCUT2D eigenvalue weighted by Crippen LogP contribution is 2.20. The number of aryl methyl sites for hydroxylation is 1. The van der Waals surface area contributed by atoms with Gasteiger partial charge in [-0.2, -0.15) is 0 Å². The number of sulfonamides is 1. The number of nitrogens with one attached hydrogen (secondary N) is 3. The maximum Gasteiger partial charge on any atom is 0.263 e. The van der Waals surface area contributed by atoms with E-state index in [0.29, 0.717) is 11.4 Å². The van der Waals surface area contributed by atoms with Gasteiger partial charge in [0.1, 0.15) is 5.82 Å². The fraction of sp³-hybridized carbons (Fsp3) is 0.100. The number of aromatic nitrogens is 1. The van der Waals surface area contributed by atoms with E-state index in [-0.39, 0.29) is 16.6 Å². The van der Waals surface area contributed by atoms with Gasteiger partial charge in [-0.15, -0.1) is 0 Å². The molecule has 0 bridgehead atoms. The molecule has 0 saturated carbocycles. The first kappa shape index (κ1) is 19.4. The zero-order chi connectivity index (χ0) is 20.1. The Morgan fingerprint density at radius 1 is 0.857 bits per heavy atom. The van der Waals surface area contributed by atoms with E-state index < -0.39 is 10.0 Å². The van der Waals surface area contributed by atoms with Crippen molar-refractivity contribution in [1.82, 2.24) is 4.98 Å². The number of amides is 1. The van der Waals surface area contributed by atoms with Gasteiger partial charge in [-0.3, -0.25) is 9.52 Å².